The summed E-state index contributed by atoms with van der Waals surface area (Å²) in [4.78, 5) is 9.90. The lowest BCUT2D eigenvalue weighted by atomic mass is 10.2. The van der Waals surface area contributed by atoms with E-state index in [0.717, 1.165) is 21.0 Å². The van der Waals surface area contributed by atoms with Crippen LogP contribution in [0.15, 0.2) is 33.4 Å². The van der Waals surface area contributed by atoms with Crippen molar-refractivity contribution in [2.24, 2.45) is 0 Å². The van der Waals surface area contributed by atoms with Gasteiger partial charge in [-0.3, -0.25) is 0 Å². The zero-order valence-electron chi connectivity index (χ0n) is 7.12. The fraction of sp³-hybridized carbons (Fsp3) is 0.100. The Bertz CT molecular complexity index is 461. The molecule has 1 heterocycles. The smallest absolute Gasteiger partial charge is 0.417 e. The van der Waals surface area contributed by atoms with Crippen molar-refractivity contribution in [3.63, 3.8) is 0 Å². The number of hydrogen-bond donors (Lipinski definition) is 0. The molecule has 0 spiro atoms. The molecule has 4 heteroatoms. The highest BCUT2D eigenvalue weighted by atomic mass is 79.9. The maximum atomic E-state index is 9.90. The van der Waals surface area contributed by atoms with E-state index in [9.17, 15) is 4.79 Å². The summed E-state index contributed by atoms with van der Waals surface area (Å²) in [6.07, 6.45) is 1.58. The summed E-state index contributed by atoms with van der Waals surface area (Å²) in [6.45, 7) is 1.57. The van der Waals surface area contributed by atoms with Crippen molar-refractivity contribution in [1.29, 1.82) is 0 Å². The second kappa shape index (κ2) is 3.84. The zero-order chi connectivity index (χ0) is 9.97. The Hall–Kier alpha value is -1.29. The van der Waals surface area contributed by atoms with Crippen molar-refractivity contribution in [3.8, 4) is 0 Å². The van der Waals surface area contributed by atoms with Crippen molar-refractivity contribution >= 4 is 33.4 Å². The van der Waals surface area contributed by atoms with Crippen LogP contribution in [0.2, 0.25) is 0 Å². The number of ether oxygens (including phenoxy) is 1. The molecule has 0 atom stereocenters. The lowest BCUT2D eigenvalue weighted by Gasteiger charge is -1.94. The molecule has 14 heavy (non-hydrogen) atoms. The van der Waals surface area contributed by atoms with Crippen LogP contribution in [-0.2, 0) is 16.1 Å². The number of halogens is 1. The van der Waals surface area contributed by atoms with E-state index in [1.54, 1.807) is 6.26 Å². The summed E-state index contributed by atoms with van der Waals surface area (Å²) in [5.41, 5.74) is 1.61. The molecule has 0 aliphatic heterocycles. The third-order valence-corrected chi connectivity index (χ3v) is 2.40. The minimum Gasteiger partial charge on any atom is -0.464 e. The predicted molar refractivity (Wildman–Crippen MR) is 54.4 cm³/mol. The average molecular weight is 254 g/mol. The van der Waals surface area contributed by atoms with Crippen LogP contribution >= 0.6 is 15.9 Å². The average Bonchev–Trinajstić information content (AvgIpc) is 2.57. The molecule has 0 saturated carbocycles. The highest BCUT2D eigenvalue weighted by Gasteiger charge is 2.05. The van der Waals surface area contributed by atoms with Crippen molar-refractivity contribution in [1.82, 2.24) is 0 Å². The molecule has 0 fully saturated rings. The maximum absolute atomic E-state index is 9.90. The van der Waals surface area contributed by atoms with Crippen LogP contribution in [0, 0.1) is 0 Å². The van der Waals surface area contributed by atoms with Crippen molar-refractivity contribution in [2.45, 2.75) is 6.61 Å². The topological polar surface area (TPSA) is 39.4 Å². The standard InChI is InChI=1S/C10H6BrO3/c11-8-1-2-9-7(4-13-6-12)5-14-10(9)3-8/h1-3,5H,4H2. The van der Waals surface area contributed by atoms with Gasteiger partial charge in [0, 0.05) is 15.4 Å². The molecular formula is C10H6BrO3. The molecule has 0 saturated heterocycles. The SMILES string of the molecule is O=[C]OCc1coc2cc(Br)ccc12. The van der Waals surface area contributed by atoms with Crippen LogP contribution in [0.4, 0.5) is 0 Å². The van der Waals surface area contributed by atoms with E-state index in [0.29, 0.717) is 0 Å². The Kier molecular flexibility index (Phi) is 2.54. The molecule has 0 aliphatic rings. The van der Waals surface area contributed by atoms with Gasteiger partial charge in [0.1, 0.15) is 12.2 Å². The van der Waals surface area contributed by atoms with E-state index in [1.807, 2.05) is 18.2 Å². The quantitative estimate of drug-likeness (QED) is 0.845. The van der Waals surface area contributed by atoms with E-state index in [4.69, 9.17) is 4.42 Å². The van der Waals surface area contributed by atoms with Gasteiger partial charge in [-0.1, -0.05) is 15.9 Å². The number of furan rings is 1. The summed E-state index contributed by atoms with van der Waals surface area (Å²) < 4.78 is 10.8. The number of carbonyl (C=O) groups excluding carboxylic acids is 1. The first-order valence-corrected chi connectivity index (χ1v) is 4.75. The molecule has 0 unspecified atom stereocenters. The van der Waals surface area contributed by atoms with Gasteiger partial charge in [-0.25, -0.2) is 4.79 Å². The number of fused-ring (bicyclic) bond motifs is 1. The first-order valence-electron chi connectivity index (χ1n) is 3.96. The van der Waals surface area contributed by atoms with Gasteiger partial charge in [0.05, 0.1) is 6.26 Å². The Morgan fingerprint density at radius 3 is 3.14 bits per heavy atom. The van der Waals surface area contributed by atoms with Gasteiger partial charge in [0.2, 0.25) is 0 Å². The van der Waals surface area contributed by atoms with Gasteiger partial charge in [0.25, 0.3) is 0 Å². The molecule has 2 rings (SSSR count). The summed E-state index contributed by atoms with van der Waals surface area (Å²) in [5, 5.41) is 0.948. The largest absolute Gasteiger partial charge is 0.464 e. The fourth-order valence-electron chi connectivity index (χ4n) is 1.28. The van der Waals surface area contributed by atoms with Crippen molar-refractivity contribution < 1.29 is 13.9 Å². The minimum absolute atomic E-state index is 0.193. The van der Waals surface area contributed by atoms with Crippen molar-refractivity contribution in [2.75, 3.05) is 0 Å². The Morgan fingerprint density at radius 2 is 2.36 bits per heavy atom. The van der Waals surface area contributed by atoms with Gasteiger partial charge in [-0.2, -0.15) is 0 Å². The highest BCUT2D eigenvalue weighted by molar-refractivity contribution is 9.10. The molecule has 1 aromatic carbocycles. The number of benzene rings is 1. The number of rotatable bonds is 3. The van der Waals surface area contributed by atoms with E-state index >= 15 is 0 Å². The molecular weight excluding hydrogens is 248 g/mol. The fourth-order valence-corrected chi connectivity index (χ4v) is 1.62. The lowest BCUT2D eigenvalue weighted by molar-refractivity contribution is 0.267. The van der Waals surface area contributed by atoms with Crippen LogP contribution in [0.3, 0.4) is 0 Å². The second-order valence-corrected chi connectivity index (χ2v) is 3.69. The molecule has 1 radical (unpaired) electrons. The normalized spacial score (nSPS) is 10.4. The van der Waals surface area contributed by atoms with Gasteiger partial charge in [-0.05, 0) is 18.2 Å². The number of hydrogen-bond acceptors (Lipinski definition) is 3. The molecule has 3 nitrogen and oxygen atoms in total. The molecule has 1 aromatic heterocycles. The van der Waals surface area contributed by atoms with E-state index < -0.39 is 0 Å². The van der Waals surface area contributed by atoms with Crippen LogP contribution in [0.25, 0.3) is 11.0 Å². The Balaban J connectivity index is 2.42. The van der Waals surface area contributed by atoms with E-state index in [1.165, 1.54) is 6.47 Å². The molecule has 0 aliphatic carbocycles. The summed E-state index contributed by atoms with van der Waals surface area (Å²) in [7, 11) is 0. The van der Waals surface area contributed by atoms with Crippen molar-refractivity contribution in [3.05, 3.63) is 34.5 Å². The van der Waals surface area contributed by atoms with Crippen LogP contribution < -0.4 is 0 Å². The Labute approximate surface area is 88.8 Å². The van der Waals surface area contributed by atoms with Crippen LogP contribution in [0.1, 0.15) is 5.56 Å². The maximum Gasteiger partial charge on any atom is 0.417 e. The third-order valence-electron chi connectivity index (χ3n) is 1.90. The van der Waals surface area contributed by atoms with Gasteiger partial charge >= 0.3 is 6.47 Å². The molecule has 71 valence electrons. The molecule has 0 amide bonds. The second-order valence-electron chi connectivity index (χ2n) is 2.77. The highest BCUT2D eigenvalue weighted by Crippen LogP contribution is 2.24. The first kappa shape index (κ1) is 9.27. The monoisotopic (exact) mass is 253 g/mol. The Morgan fingerprint density at radius 1 is 1.50 bits per heavy atom. The zero-order valence-corrected chi connectivity index (χ0v) is 8.71. The lowest BCUT2D eigenvalue weighted by Crippen LogP contribution is -1.87. The van der Waals surface area contributed by atoms with E-state index in [-0.39, 0.29) is 6.61 Å². The first-order chi connectivity index (χ1) is 6.81. The van der Waals surface area contributed by atoms with Gasteiger partial charge in [-0.15, -0.1) is 0 Å². The summed E-state index contributed by atoms with van der Waals surface area (Å²) in [6, 6.07) is 5.68. The summed E-state index contributed by atoms with van der Waals surface area (Å²) >= 11 is 3.34. The third kappa shape index (κ3) is 1.65. The van der Waals surface area contributed by atoms with Crippen LogP contribution in [-0.4, -0.2) is 6.47 Å². The molecule has 2 aromatic rings. The summed E-state index contributed by atoms with van der Waals surface area (Å²) in [5.74, 6) is 0. The van der Waals surface area contributed by atoms with Gasteiger partial charge < -0.3 is 9.15 Å². The molecule has 0 bridgehead atoms. The minimum atomic E-state index is 0.193. The predicted octanol–water partition coefficient (Wildman–Crippen LogP) is 2.78. The molecule has 0 N–H and O–H groups in total. The van der Waals surface area contributed by atoms with Crippen LogP contribution in [0.5, 0.6) is 0 Å². The van der Waals surface area contributed by atoms with Gasteiger partial charge in [0.15, 0.2) is 0 Å². The van der Waals surface area contributed by atoms with E-state index in [2.05, 4.69) is 20.7 Å².